The minimum atomic E-state index is -3.92. The number of hydrogen-bond acceptors (Lipinski definition) is 8. The Kier molecular flexibility index (Phi) is 9.65. The summed E-state index contributed by atoms with van der Waals surface area (Å²) >= 11 is 3.72. The first-order valence-corrected chi connectivity index (χ1v) is 13.0. The maximum Gasteiger partial charge on any atom is 0.414 e. The van der Waals surface area contributed by atoms with Gasteiger partial charge in [-0.3, -0.25) is 9.79 Å². The first-order valence-electron chi connectivity index (χ1n) is 12.5. The average Bonchev–Trinajstić information content (AvgIpc) is 3.39. The third-order valence-corrected chi connectivity index (χ3v) is 6.58. The second kappa shape index (κ2) is 13.1. The van der Waals surface area contributed by atoms with Gasteiger partial charge in [0, 0.05) is 36.6 Å². The van der Waals surface area contributed by atoms with Crippen molar-refractivity contribution in [3.8, 4) is 0 Å². The SMILES string of the molecule is CN(CCc1ccc(C2=NCCN2)cc1)C(=O)c1coc(CNC2CC2)n1.FOC(F)(F)c1ccccc1S. The van der Waals surface area contributed by atoms with Gasteiger partial charge in [0.2, 0.25) is 5.89 Å². The third-order valence-electron chi connectivity index (χ3n) is 6.19. The van der Waals surface area contributed by atoms with Gasteiger partial charge in [0.15, 0.2) is 5.69 Å². The van der Waals surface area contributed by atoms with Gasteiger partial charge in [-0.1, -0.05) is 36.4 Å². The average molecular weight is 562 g/mol. The number of thiol groups is 1. The largest absolute Gasteiger partial charge is 0.447 e. The van der Waals surface area contributed by atoms with Gasteiger partial charge in [0.25, 0.3) is 5.91 Å². The smallest absolute Gasteiger partial charge is 0.414 e. The highest BCUT2D eigenvalue weighted by Gasteiger charge is 2.36. The van der Waals surface area contributed by atoms with Crippen LogP contribution in [0, 0.1) is 0 Å². The molecule has 1 saturated carbocycles. The highest BCUT2D eigenvalue weighted by molar-refractivity contribution is 7.80. The number of hydrogen-bond donors (Lipinski definition) is 3. The lowest BCUT2D eigenvalue weighted by atomic mass is 10.1. The zero-order chi connectivity index (χ0) is 27.8. The van der Waals surface area contributed by atoms with Gasteiger partial charge < -0.3 is 20.0 Å². The summed E-state index contributed by atoms with van der Waals surface area (Å²) in [4.78, 5) is 25.4. The van der Waals surface area contributed by atoms with Gasteiger partial charge in [-0.05, 0) is 41.5 Å². The summed E-state index contributed by atoms with van der Waals surface area (Å²) in [5.41, 5.74) is 2.07. The fourth-order valence-corrected chi connectivity index (χ4v) is 4.08. The molecule has 0 atom stereocenters. The normalized spacial score (nSPS) is 14.7. The molecule has 2 heterocycles. The third kappa shape index (κ3) is 8.07. The Morgan fingerprint density at radius 3 is 2.62 bits per heavy atom. The molecule has 0 spiro atoms. The van der Waals surface area contributed by atoms with Crippen molar-refractivity contribution in [1.29, 1.82) is 0 Å². The van der Waals surface area contributed by atoms with Crippen molar-refractivity contribution < 1.29 is 27.5 Å². The maximum atomic E-state index is 12.5. The van der Waals surface area contributed by atoms with Gasteiger partial charge in [-0.2, -0.15) is 8.78 Å². The molecule has 1 aliphatic carbocycles. The molecule has 0 unspecified atom stereocenters. The lowest BCUT2D eigenvalue weighted by Crippen LogP contribution is -2.29. The predicted molar refractivity (Wildman–Crippen MR) is 143 cm³/mol. The first-order chi connectivity index (χ1) is 18.8. The molecule has 1 fully saturated rings. The molecule has 2 aliphatic rings. The van der Waals surface area contributed by atoms with Crippen molar-refractivity contribution in [2.24, 2.45) is 4.99 Å². The molecule has 3 aromatic rings. The highest BCUT2D eigenvalue weighted by Crippen LogP contribution is 2.33. The highest BCUT2D eigenvalue weighted by atomic mass is 32.1. The van der Waals surface area contributed by atoms with Crippen LogP contribution in [0.1, 0.15) is 45.9 Å². The summed E-state index contributed by atoms with van der Waals surface area (Å²) in [5.74, 6) is 1.42. The molecule has 8 nitrogen and oxygen atoms in total. The number of nitrogens with zero attached hydrogens (tertiary/aromatic N) is 3. The number of alkyl halides is 2. The van der Waals surface area contributed by atoms with Gasteiger partial charge in [0.1, 0.15) is 12.1 Å². The summed E-state index contributed by atoms with van der Waals surface area (Å²) < 4.78 is 41.8. The minimum Gasteiger partial charge on any atom is -0.447 e. The Morgan fingerprint density at radius 1 is 1.23 bits per heavy atom. The second-order valence-electron chi connectivity index (χ2n) is 9.22. The summed E-state index contributed by atoms with van der Waals surface area (Å²) in [5, 5.41) is 6.60. The van der Waals surface area contributed by atoms with Crippen LogP contribution in [0.15, 0.2) is 69.1 Å². The number of likely N-dealkylation sites (N-methyl/N-ethyl adjacent to an activating group) is 1. The summed E-state index contributed by atoms with van der Waals surface area (Å²) in [6, 6.07) is 14.1. The van der Waals surface area contributed by atoms with Crippen LogP contribution in [-0.4, -0.2) is 54.4 Å². The Bertz CT molecular complexity index is 1280. The van der Waals surface area contributed by atoms with Crippen molar-refractivity contribution in [1.82, 2.24) is 20.5 Å². The molecule has 39 heavy (non-hydrogen) atoms. The summed E-state index contributed by atoms with van der Waals surface area (Å²) in [6.45, 7) is 2.95. The fourth-order valence-electron chi connectivity index (χ4n) is 3.79. The van der Waals surface area contributed by atoms with E-state index in [1.165, 1.54) is 42.9 Å². The van der Waals surface area contributed by atoms with Crippen LogP contribution < -0.4 is 10.6 Å². The lowest BCUT2D eigenvalue weighted by Gasteiger charge is -2.15. The number of carbonyl (C=O) groups is 1. The number of amides is 1. The number of halogens is 3. The van der Waals surface area contributed by atoms with Gasteiger partial charge in [0.05, 0.1) is 18.7 Å². The van der Waals surface area contributed by atoms with Crippen molar-refractivity contribution in [2.75, 3.05) is 26.7 Å². The van der Waals surface area contributed by atoms with Gasteiger partial charge in [-0.25, -0.2) is 4.98 Å². The van der Waals surface area contributed by atoms with E-state index in [-0.39, 0.29) is 10.8 Å². The number of carbonyl (C=O) groups excluding carboxylic acids is 1. The van der Waals surface area contributed by atoms with Crippen molar-refractivity contribution >= 4 is 24.4 Å². The van der Waals surface area contributed by atoms with Gasteiger partial charge >= 0.3 is 6.11 Å². The van der Waals surface area contributed by atoms with Crippen LogP contribution in [0.4, 0.5) is 13.3 Å². The fraction of sp³-hybridized carbons (Fsp3) is 0.370. The van der Waals surface area contributed by atoms with Crippen LogP contribution in [0.3, 0.4) is 0 Å². The minimum absolute atomic E-state index is 0.0137. The zero-order valence-corrected chi connectivity index (χ0v) is 22.3. The number of benzene rings is 2. The molecule has 0 radical (unpaired) electrons. The molecule has 0 bridgehead atoms. The van der Waals surface area contributed by atoms with Crippen molar-refractivity contribution in [3.05, 3.63) is 83.1 Å². The Hall–Kier alpha value is -3.35. The number of aromatic nitrogens is 1. The number of rotatable bonds is 10. The van der Waals surface area contributed by atoms with Crippen LogP contribution in [-0.2, 0) is 24.0 Å². The number of amidine groups is 1. The summed E-state index contributed by atoms with van der Waals surface area (Å²) in [7, 11) is 1.80. The van der Waals surface area contributed by atoms with Crippen LogP contribution in [0.25, 0.3) is 0 Å². The van der Waals surface area contributed by atoms with Crippen LogP contribution in [0.5, 0.6) is 0 Å². The zero-order valence-electron chi connectivity index (χ0n) is 21.4. The molecule has 0 saturated heterocycles. The Morgan fingerprint density at radius 2 is 1.97 bits per heavy atom. The molecule has 5 rings (SSSR count). The molecular formula is C27H30F3N5O3S. The number of aliphatic imine (C=N–C) groups is 1. The summed E-state index contributed by atoms with van der Waals surface area (Å²) in [6.07, 6.45) is 0.739. The van der Waals surface area contributed by atoms with E-state index in [4.69, 9.17) is 4.42 Å². The molecular weight excluding hydrogens is 531 g/mol. The van der Waals surface area contributed by atoms with Crippen LogP contribution >= 0.6 is 12.6 Å². The lowest BCUT2D eigenvalue weighted by molar-refractivity contribution is -0.365. The first kappa shape index (κ1) is 28.7. The topological polar surface area (TPSA) is 92.0 Å². The van der Waals surface area contributed by atoms with E-state index in [1.54, 1.807) is 11.9 Å². The van der Waals surface area contributed by atoms with Crippen molar-refractivity contribution in [3.63, 3.8) is 0 Å². The van der Waals surface area contributed by atoms with E-state index in [0.717, 1.165) is 37.0 Å². The molecule has 2 N–H and O–H groups in total. The van der Waals surface area contributed by atoms with E-state index < -0.39 is 11.7 Å². The van der Waals surface area contributed by atoms with Crippen molar-refractivity contribution in [2.45, 2.75) is 42.9 Å². The molecule has 1 aliphatic heterocycles. The monoisotopic (exact) mass is 561 g/mol. The molecule has 208 valence electrons. The van der Waals surface area contributed by atoms with E-state index in [0.29, 0.717) is 30.7 Å². The molecule has 1 aromatic heterocycles. The number of oxazole rings is 1. The predicted octanol–water partition coefficient (Wildman–Crippen LogP) is 4.52. The van der Waals surface area contributed by atoms with Gasteiger partial charge in [-0.15, -0.1) is 17.6 Å². The molecule has 12 heteroatoms. The van der Waals surface area contributed by atoms with E-state index in [2.05, 4.69) is 62.4 Å². The molecule has 1 amide bonds. The molecule has 2 aromatic carbocycles. The quantitative estimate of drug-likeness (QED) is 0.316. The van der Waals surface area contributed by atoms with E-state index in [1.807, 2.05) is 0 Å². The second-order valence-corrected chi connectivity index (χ2v) is 9.71. The van der Waals surface area contributed by atoms with E-state index in [9.17, 15) is 18.1 Å². The maximum absolute atomic E-state index is 12.5. The number of nitrogens with one attached hydrogen (secondary N) is 2. The van der Waals surface area contributed by atoms with Crippen LogP contribution in [0.2, 0.25) is 0 Å². The Labute approximate surface area is 230 Å². The Balaban J connectivity index is 0.000000247. The standard InChI is InChI=1S/C20H25N5O2.C7H5F3OS/c1-25(20(26)17-13-27-18(24-17)12-23-16-6-7-16)11-8-14-2-4-15(5-3-14)19-21-9-10-22-19;8-7(9,11-10)5-3-1-2-4-6(5)12/h2-5,13,16,23H,6-12H2,1H3,(H,21,22);1-4,12H. The van der Waals surface area contributed by atoms with E-state index >= 15 is 0 Å².